The monoisotopic (exact) mass is 172 g/mol. The number of hydrogen-bond acceptors (Lipinski definition) is 2. The fourth-order valence-electron chi connectivity index (χ4n) is 0.482. The smallest absolute Gasteiger partial charge is 0.392 e. The highest BCUT2D eigenvalue weighted by Gasteiger charge is 2.35. The first kappa shape index (κ1) is 10.2. The molecule has 1 atom stereocenters. The van der Waals surface area contributed by atoms with E-state index in [1.165, 1.54) is 0 Å². The lowest BCUT2D eigenvalue weighted by molar-refractivity contribution is -0.176. The Hall–Kier alpha value is -0.780. The van der Waals surface area contributed by atoms with Crippen molar-refractivity contribution in [3.63, 3.8) is 0 Å². The van der Waals surface area contributed by atoms with E-state index in [0.717, 1.165) is 7.11 Å². The zero-order chi connectivity index (χ0) is 9.07. The van der Waals surface area contributed by atoms with E-state index in [4.69, 9.17) is 5.11 Å². The second-order valence-electron chi connectivity index (χ2n) is 1.88. The lowest BCUT2D eigenvalue weighted by atomic mass is 10.2. The molecule has 0 aromatic carbocycles. The summed E-state index contributed by atoms with van der Waals surface area (Å²) in [5.74, 6) is -1.61. The van der Waals surface area contributed by atoms with Crippen LogP contribution in [0.25, 0.3) is 0 Å². The fourth-order valence-corrected chi connectivity index (χ4v) is 0.482. The molecule has 3 nitrogen and oxygen atoms in total. The van der Waals surface area contributed by atoms with Crippen molar-refractivity contribution >= 4 is 5.97 Å². The molecule has 66 valence electrons. The number of rotatable bonds is 3. The molecule has 0 spiro atoms. The average Bonchev–Trinajstić information content (AvgIpc) is 1.80. The van der Waals surface area contributed by atoms with Gasteiger partial charge in [-0.1, -0.05) is 0 Å². The number of carboxylic acid groups (broad SMARTS) is 1. The fraction of sp³-hybridized carbons (Fsp3) is 0.800. The van der Waals surface area contributed by atoms with Crippen molar-refractivity contribution in [2.75, 3.05) is 7.11 Å². The van der Waals surface area contributed by atoms with Crippen LogP contribution in [0.1, 0.15) is 6.42 Å². The maximum absolute atomic E-state index is 11.5. The molecule has 0 radical (unpaired) electrons. The van der Waals surface area contributed by atoms with Gasteiger partial charge in [-0.05, 0) is 0 Å². The standard InChI is InChI=1S/C5H7F3O3/c1-11-3(4(9)10)2-5(6,7)8/h3H,2H2,1H3,(H,9,10). The molecule has 0 aliphatic rings. The van der Waals surface area contributed by atoms with Crippen molar-refractivity contribution in [2.24, 2.45) is 0 Å². The molecule has 0 fully saturated rings. The third kappa shape index (κ3) is 4.60. The highest BCUT2D eigenvalue weighted by Crippen LogP contribution is 2.22. The van der Waals surface area contributed by atoms with Crippen LogP contribution in [0.4, 0.5) is 13.2 Å². The summed E-state index contributed by atoms with van der Waals surface area (Å²) in [6.07, 6.45) is -7.76. The molecule has 11 heavy (non-hydrogen) atoms. The number of methoxy groups -OCH3 is 1. The first-order valence-corrected chi connectivity index (χ1v) is 2.69. The van der Waals surface area contributed by atoms with Crippen LogP contribution >= 0.6 is 0 Å². The number of ether oxygens (including phenoxy) is 1. The summed E-state index contributed by atoms with van der Waals surface area (Å²) in [6.45, 7) is 0. The van der Waals surface area contributed by atoms with E-state index in [1.807, 2.05) is 0 Å². The van der Waals surface area contributed by atoms with Crippen molar-refractivity contribution in [3.8, 4) is 0 Å². The van der Waals surface area contributed by atoms with Gasteiger partial charge in [0.2, 0.25) is 0 Å². The molecule has 0 bridgehead atoms. The number of carbonyl (C=O) groups is 1. The first-order chi connectivity index (χ1) is 4.87. The predicted octanol–water partition coefficient (Wildman–Crippen LogP) is 1.04. The van der Waals surface area contributed by atoms with Gasteiger partial charge in [0.1, 0.15) is 0 Å². The molecule has 1 unspecified atom stereocenters. The molecule has 0 saturated heterocycles. The Morgan fingerprint density at radius 2 is 2.09 bits per heavy atom. The lowest BCUT2D eigenvalue weighted by Crippen LogP contribution is -2.28. The van der Waals surface area contributed by atoms with Gasteiger partial charge in [0.25, 0.3) is 0 Å². The van der Waals surface area contributed by atoms with Crippen LogP contribution < -0.4 is 0 Å². The normalized spacial score (nSPS) is 14.5. The van der Waals surface area contributed by atoms with E-state index < -0.39 is 24.7 Å². The number of carboxylic acids is 1. The molecule has 0 saturated carbocycles. The summed E-state index contributed by atoms with van der Waals surface area (Å²) < 4.78 is 38.6. The van der Waals surface area contributed by atoms with Gasteiger partial charge >= 0.3 is 12.1 Å². The molecule has 1 N–H and O–H groups in total. The molecule has 0 rings (SSSR count). The molecule has 6 heteroatoms. The summed E-state index contributed by atoms with van der Waals surface area (Å²) in [5, 5.41) is 8.11. The topological polar surface area (TPSA) is 46.5 Å². The number of hydrogen-bond donors (Lipinski definition) is 1. The van der Waals surface area contributed by atoms with Crippen molar-refractivity contribution in [1.82, 2.24) is 0 Å². The van der Waals surface area contributed by atoms with E-state index in [1.54, 1.807) is 0 Å². The lowest BCUT2D eigenvalue weighted by Gasteiger charge is -2.11. The molecular weight excluding hydrogens is 165 g/mol. The van der Waals surface area contributed by atoms with Gasteiger partial charge < -0.3 is 9.84 Å². The van der Waals surface area contributed by atoms with E-state index in [-0.39, 0.29) is 0 Å². The highest BCUT2D eigenvalue weighted by molar-refractivity contribution is 5.72. The van der Waals surface area contributed by atoms with Crippen LogP contribution in [0.5, 0.6) is 0 Å². The van der Waals surface area contributed by atoms with Gasteiger partial charge in [0.15, 0.2) is 6.10 Å². The van der Waals surface area contributed by atoms with Gasteiger partial charge in [0.05, 0.1) is 6.42 Å². The molecule has 0 aliphatic carbocycles. The molecule has 0 amide bonds. The maximum atomic E-state index is 11.5. The van der Waals surface area contributed by atoms with Crippen LogP contribution in [0.15, 0.2) is 0 Å². The van der Waals surface area contributed by atoms with Crippen molar-refractivity contribution < 1.29 is 27.8 Å². The summed E-state index contributed by atoms with van der Waals surface area (Å²) in [5.41, 5.74) is 0. The Balaban J connectivity index is 3.99. The largest absolute Gasteiger partial charge is 0.479 e. The summed E-state index contributed by atoms with van der Waals surface area (Å²) in [7, 11) is 0.921. The van der Waals surface area contributed by atoms with E-state index in [9.17, 15) is 18.0 Å². The van der Waals surface area contributed by atoms with E-state index in [0.29, 0.717) is 0 Å². The van der Waals surface area contributed by atoms with Crippen LogP contribution in [0.2, 0.25) is 0 Å². The molecule has 0 aromatic heterocycles. The van der Waals surface area contributed by atoms with Crippen molar-refractivity contribution in [3.05, 3.63) is 0 Å². The molecule has 0 aromatic rings. The van der Waals surface area contributed by atoms with Gasteiger partial charge in [-0.3, -0.25) is 0 Å². The van der Waals surface area contributed by atoms with Crippen LogP contribution in [0, 0.1) is 0 Å². The van der Waals surface area contributed by atoms with E-state index >= 15 is 0 Å². The second-order valence-corrected chi connectivity index (χ2v) is 1.88. The Labute approximate surface area is 60.8 Å². The number of halogens is 3. The average molecular weight is 172 g/mol. The minimum Gasteiger partial charge on any atom is -0.479 e. The van der Waals surface area contributed by atoms with Crippen LogP contribution in [-0.4, -0.2) is 30.5 Å². The van der Waals surface area contributed by atoms with E-state index in [2.05, 4.69) is 4.74 Å². The minimum absolute atomic E-state index is 0.921. The van der Waals surface area contributed by atoms with Gasteiger partial charge in [0, 0.05) is 7.11 Å². The first-order valence-electron chi connectivity index (χ1n) is 2.69. The van der Waals surface area contributed by atoms with Gasteiger partial charge in [-0.2, -0.15) is 13.2 Å². The van der Waals surface area contributed by atoms with Gasteiger partial charge in [-0.15, -0.1) is 0 Å². The van der Waals surface area contributed by atoms with Crippen LogP contribution in [-0.2, 0) is 9.53 Å². The van der Waals surface area contributed by atoms with Crippen LogP contribution in [0.3, 0.4) is 0 Å². The third-order valence-electron chi connectivity index (χ3n) is 0.977. The summed E-state index contributed by atoms with van der Waals surface area (Å²) >= 11 is 0. The molecule has 0 aliphatic heterocycles. The Morgan fingerprint density at radius 3 is 2.18 bits per heavy atom. The molecule has 0 heterocycles. The van der Waals surface area contributed by atoms with Crippen molar-refractivity contribution in [1.29, 1.82) is 0 Å². The maximum Gasteiger partial charge on any atom is 0.392 e. The predicted molar refractivity (Wildman–Crippen MR) is 29.1 cm³/mol. The Morgan fingerprint density at radius 1 is 1.64 bits per heavy atom. The Kier molecular flexibility index (Phi) is 3.31. The molecular formula is C5H7F3O3. The number of alkyl halides is 3. The summed E-state index contributed by atoms with van der Waals surface area (Å²) in [4.78, 5) is 9.98. The Bertz CT molecular complexity index is 142. The second kappa shape index (κ2) is 3.56. The third-order valence-corrected chi connectivity index (χ3v) is 0.977. The number of aliphatic carboxylic acids is 1. The quantitative estimate of drug-likeness (QED) is 0.691. The zero-order valence-electron chi connectivity index (χ0n) is 5.68. The van der Waals surface area contributed by atoms with Gasteiger partial charge in [-0.25, -0.2) is 4.79 Å². The zero-order valence-corrected chi connectivity index (χ0v) is 5.68. The highest BCUT2D eigenvalue weighted by atomic mass is 19.4. The van der Waals surface area contributed by atoms with Crippen molar-refractivity contribution in [2.45, 2.75) is 18.7 Å². The summed E-state index contributed by atoms with van der Waals surface area (Å²) in [6, 6.07) is 0. The minimum atomic E-state index is -4.50. The SMILES string of the molecule is COC(CC(F)(F)F)C(=O)O.